The van der Waals surface area contributed by atoms with E-state index in [-0.39, 0.29) is 5.78 Å². The van der Waals surface area contributed by atoms with Crippen molar-refractivity contribution in [3.05, 3.63) is 59.3 Å². The zero-order valence-electron chi connectivity index (χ0n) is 11.0. The summed E-state index contributed by atoms with van der Waals surface area (Å²) in [6.45, 7) is 3.33. The van der Waals surface area contributed by atoms with Crippen LogP contribution in [0.1, 0.15) is 28.4 Å². The van der Waals surface area contributed by atoms with Crippen molar-refractivity contribution >= 4 is 11.6 Å². The Labute approximate surface area is 112 Å². The van der Waals surface area contributed by atoms with Crippen molar-refractivity contribution in [1.29, 1.82) is 0 Å². The van der Waals surface area contributed by atoms with Crippen LogP contribution in [0.2, 0.25) is 0 Å². The highest BCUT2D eigenvalue weighted by molar-refractivity contribution is 5.98. The number of carbonyl (C=O) groups excluding carboxylic acids is 1. The molecule has 0 amide bonds. The van der Waals surface area contributed by atoms with Gasteiger partial charge in [-0.3, -0.25) is 4.79 Å². The highest BCUT2D eigenvalue weighted by Gasteiger charge is 2.20. The Balaban J connectivity index is 1.95. The Morgan fingerprint density at radius 1 is 1.16 bits per heavy atom. The number of hydrogen-bond acceptors (Lipinski definition) is 3. The number of rotatable bonds is 2. The lowest BCUT2D eigenvalue weighted by Gasteiger charge is -2.30. The number of pyridine rings is 1. The third-order valence-corrected chi connectivity index (χ3v) is 3.60. The van der Waals surface area contributed by atoms with Gasteiger partial charge in [-0.25, -0.2) is 4.98 Å². The summed E-state index contributed by atoms with van der Waals surface area (Å²) < 4.78 is 0. The van der Waals surface area contributed by atoms with E-state index < -0.39 is 0 Å². The predicted molar refractivity (Wildman–Crippen MR) is 75.4 cm³/mol. The maximum Gasteiger partial charge on any atom is 0.163 e. The number of nitrogens with zero attached hydrogens (tertiary/aromatic N) is 2. The molecular weight excluding hydrogens is 236 g/mol. The van der Waals surface area contributed by atoms with E-state index >= 15 is 0 Å². The van der Waals surface area contributed by atoms with Gasteiger partial charge in [-0.2, -0.15) is 0 Å². The fourth-order valence-electron chi connectivity index (χ4n) is 2.60. The minimum atomic E-state index is 0.0713. The first-order chi connectivity index (χ1) is 9.25. The number of benzene rings is 1. The van der Waals surface area contributed by atoms with Crippen LogP contribution < -0.4 is 4.90 Å². The SMILES string of the molecule is CC(=O)c1cccnc1N1CCc2ccccc2C1. The van der Waals surface area contributed by atoms with Crippen molar-refractivity contribution in [2.45, 2.75) is 19.9 Å². The molecule has 19 heavy (non-hydrogen) atoms. The van der Waals surface area contributed by atoms with Gasteiger partial charge in [0.15, 0.2) is 5.78 Å². The van der Waals surface area contributed by atoms with E-state index in [9.17, 15) is 4.79 Å². The summed E-state index contributed by atoms with van der Waals surface area (Å²) in [5.74, 6) is 0.881. The van der Waals surface area contributed by atoms with E-state index in [1.807, 2.05) is 12.1 Å². The summed E-state index contributed by atoms with van der Waals surface area (Å²) >= 11 is 0. The molecule has 1 aromatic carbocycles. The molecule has 0 radical (unpaired) electrons. The predicted octanol–water partition coefficient (Wildman–Crippen LogP) is 2.85. The lowest BCUT2D eigenvalue weighted by Crippen LogP contribution is -2.32. The summed E-state index contributed by atoms with van der Waals surface area (Å²) in [7, 11) is 0. The molecular formula is C16H16N2O. The molecule has 2 aromatic rings. The van der Waals surface area contributed by atoms with Gasteiger partial charge in [0.05, 0.1) is 5.56 Å². The number of aromatic nitrogens is 1. The molecule has 3 rings (SSSR count). The van der Waals surface area contributed by atoms with Crippen LogP contribution in [-0.2, 0) is 13.0 Å². The van der Waals surface area contributed by atoms with E-state index in [1.165, 1.54) is 11.1 Å². The quantitative estimate of drug-likeness (QED) is 0.771. The molecule has 3 heteroatoms. The van der Waals surface area contributed by atoms with E-state index in [0.717, 1.165) is 25.3 Å². The monoisotopic (exact) mass is 252 g/mol. The van der Waals surface area contributed by atoms with Crippen molar-refractivity contribution < 1.29 is 4.79 Å². The first-order valence-corrected chi connectivity index (χ1v) is 6.53. The van der Waals surface area contributed by atoms with Crippen molar-refractivity contribution in [3.63, 3.8) is 0 Å². The zero-order valence-corrected chi connectivity index (χ0v) is 11.0. The van der Waals surface area contributed by atoms with Crippen LogP contribution in [0.3, 0.4) is 0 Å². The smallest absolute Gasteiger partial charge is 0.163 e. The number of hydrogen-bond donors (Lipinski definition) is 0. The average Bonchev–Trinajstić information content (AvgIpc) is 2.46. The van der Waals surface area contributed by atoms with Crippen molar-refractivity contribution in [2.24, 2.45) is 0 Å². The van der Waals surface area contributed by atoms with Crippen molar-refractivity contribution in [3.8, 4) is 0 Å². The Hall–Kier alpha value is -2.16. The molecule has 3 nitrogen and oxygen atoms in total. The second-order valence-corrected chi connectivity index (χ2v) is 4.87. The van der Waals surface area contributed by atoms with Gasteiger partial charge in [-0.15, -0.1) is 0 Å². The summed E-state index contributed by atoms with van der Waals surface area (Å²) in [6.07, 6.45) is 2.76. The van der Waals surface area contributed by atoms with Gasteiger partial charge in [-0.1, -0.05) is 24.3 Å². The van der Waals surface area contributed by atoms with Gasteiger partial charge in [-0.05, 0) is 36.6 Å². The molecule has 0 bridgehead atoms. The molecule has 1 aliphatic rings. The molecule has 0 spiro atoms. The number of Topliss-reactive ketones (excluding diaryl/α,β-unsaturated/α-hetero) is 1. The number of fused-ring (bicyclic) bond motifs is 1. The Bertz CT molecular complexity index is 622. The van der Waals surface area contributed by atoms with Crippen molar-refractivity contribution in [2.75, 3.05) is 11.4 Å². The first-order valence-electron chi connectivity index (χ1n) is 6.53. The molecule has 1 aliphatic heterocycles. The van der Waals surface area contributed by atoms with Crippen LogP contribution in [0.25, 0.3) is 0 Å². The molecule has 0 aliphatic carbocycles. The fourth-order valence-corrected chi connectivity index (χ4v) is 2.60. The maximum atomic E-state index is 11.7. The third-order valence-electron chi connectivity index (χ3n) is 3.60. The minimum Gasteiger partial charge on any atom is -0.351 e. The maximum absolute atomic E-state index is 11.7. The Morgan fingerprint density at radius 2 is 1.95 bits per heavy atom. The minimum absolute atomic E-state index is 0.0713. The molecule has 96 valence electrons. The van der Waals surface area contributed by atoms with Crippen LogP contribution in [0.15, 0.2) is 42.6 Å². The number of carbonyl (C=O) groups is 1. The Kier molecular flexibility index (Phi) is 3.03. The molecule has 1 aromatic heterocycles. The lowest BCUT2D eigenvalue weighted by atomic mass is 9.99. The van der Waals surface area contributed by atoms with Gasteiger partial charge in [0, 0.05) is 19.3 Å². The summed E-state index contributed by atoms with van der Waals surface area (Å²) in [6, 6.07) is 12.1. The van der Waals surface area contributed by atoms with E-state index in [4.69, 9.17) is 0 Å². The largest absolute Gasteiger partial charge is 0.351 e. The highest BCUT2D eigenvalue weighted by atomic mass is 16.1. The molecule has 0 unspecified atom stereocenters. The van der Waals surface area contributed by atoms with Crippen LogP contribution in [-0.4, -0.2) is 17.3 Å². The van der Waals surface area contributed by atoms with Crippen LogP contribution in [0.4, 0.5) is 5.82 Å². The van der Waals surface area contributed by atoms with E-state index in [0.29, 0.717) is 5.56 Å². The number of ketones is 1. The third kappa shape index (κ3) is 2.24. The molecule has 2 heterocycles. The van der Waals surface area contributed by atoms with Crippen LogP contribution >= 0.6 is 0 Å². The summed E-state index contributed by atoms with van der Waals surface area (Å²) in [4.78, 5) is 18.3. The number of anilines is 1. The first kappa shape index (κ1) is 11.9. The molecule has 0 saturated heterocycles. The fraction of sp³-hybridized carbons (Fsp3) is 0.250. The molecule has 0 N–H and O–H groups in total. The highest BCUT2D eigenvalue weighted by Crippen LogP contribution is 2.25. The lowest BCUT2D eigenvalue weighted by molar-refractivity contribution is 0.101. The van der Waals surface area contributed by atoms with Crippen LogP contribution in [0, 0.1) is 0 Å². The second-order valence-electron chi connectivity index (χ2n) is 4.87. The molecule has 0 fully saturated rings. The topological polar surface area (TPSA) is 33.2 Å². The normalized spacial score (nSPS) is 14.1. The average molecular weight is 252 g/mol. The van der Waals surface area contributed by atoms with E-state index in [1.54, 1.807) is 13.1 Å². The zero-order chi connectivity index (χ0) is 13.2. The Morgan fingerprint density at radius 3 is 2.74 bits per heavy atom. The van der Waals surface area contributed by atoms with Gasteiger partial charge in [0.2, 0.25) is 0 Å². The summed E-state index contributed by atoms with van der Waals surface area (Å²) in [5, 5.41) is 0. The van der Waals surface area contributed by atoms with Crippen LogP contribution in [0.5, 0.6) is 0 Å². The molecule has 0 atom stereocenters. The van der Waals surface area contributed by atoms with Crippen molar-refractivity contribution in [1.82, 2.24) is 4.98 Å². The second kappa shape index (κ2) is 4.84. The van der Waals surface area contributed by atoms with Gasteiger partial charge >= 0.3 is 0 Å². The standard InChI is InChI=1S/C16H16N2O/c1-12(19)15-7-4-9-17-16(15)18-10-8-13-5-2-3-6-14(13)11-18/h2-7,9H,8,10-11H2,1H3. The van der Waals surface area contributed by atoms with Gasteiger partial charge in [0.25, 0.3) is 0 Å². The summed E-state index contributed by atoms with van der Waals surface area (Å²) in [5.41, 5.74) is 3.44. The van der Waals surface area contributed by atoms with Gasteiger partial charge in [0.1, 0.15) is 5.82 Å². The molecule has 0 saturated carbocycles. The van der Waals surface area contributed by atoms with Gasteiger partial charge < -0.3 is 4.90 Å². The van der Waals surface area contributed by atoms with E-state index in [2.05, 4.69) is 34.1 Å².